The van der Waals surface area contributed by atoms with Crippen LogP contribution in [-0.2, 0) is 17.1 Å². The Hall–Kier alpha value is -4.01. The third-order valence-corrected chi connectivity index (χ3v) is 5.84. The summed E-state index contributed by atoms with van der Waals surface area (Å²) in [4.78, 5) is 35.0. The number of nitrogens with one attached hydrogen (secondary N) is 1. The SMILES string of the molecule is COC1CN(C(=O)c2ccc(-n3ncnc3[C@H](C)NC(=O)c3cc(C(F)(F)F)cc(C(F)(F)F)c3)nc2)C1. The Morgan fingerprint density at radius 1 is 1.00 bits per heavy atom. The predicted molar refractivity (Wildman–Crippen MR) is 118 cm³/mol. The van der Waals surface area contributed by atoms with Crippen LogP contribution in [0, 0.1) is 0 Å². The molecule has 1 aromatic carbocycles. The van der Waals surface area contributed by atoms with Crippen molar-refractivity contribution < 1.29 is 40.7 Å². The Kier molecular flexibility index (Phi) is 7.14. The van der Waals surface area contributed by atoms with Crippen LogP contribution in [0.1, 0.15) is 50.6 Å². The van der Waals surface area contributed by atoms with Gasteiger partial charge in [-0.3, -0.25) is 9.59 Å². The van der Waals surface area contributed by atoms with E-state index in [4.69, 9.17) is 4.74 Å². The molecule has 0 saturated carbocycles. The number of carbonyl (C=O) groups excluding carboxylic acids is 2. The molecular weight excluding hydrogens is 522 g/mol. The van der Waals surface area contributed by atoms with Crippen LogP contribution in [0.2, 0.25) is 0 Å². The number of aromatic nitrogens is 4. The summed E-state index contributed by atoms with van der Waals surface area (Å²) < 4.78 is 85.3. The Morgan fingerprint density at radius 3 is 2.16 bits per heavy atom. The molecule has 0 unspecified atom stereocenters. The molecule has 202 valence electrons. The summed E-state index contributed by atoms with van der Waals surface area (Å²) in [6.07, 6.45) is -7.74. The van der Waals surface area contributed by atoms with E-state index in [-0.39, 0.29) is 29.7 Å². The zero-order valence-electron chi connectivity index (χ0n) is 19.8. The number of pyridine rings is 1. The molecule has 15 heteroatoms. The maximum Gasteiger partial charge on any atom is 0.416 e. The first kappa shape index (κ1) is 27.0. The number of alkyl halides is 6. The molecule has 0 aliphatic carbocycles. The second-order valence-electron chi connectivity index (χ2n) is 8.49. The fourth-order valence-electron chi connectivity index (χ4n) is 3.73. The van der Waals surface area contributed by atoms with Gasteiger partial charge in [0.15, 0.2) is 11.6 Å². The highest BCUT2D eigenvalue weighted by molar-refractivity contribution is 5.95. The van der Waals surface area contributed by atoms with Crippen LogP contribution in [0.3, 0.4) is 0 Å². The molecular formula is C23H20F6N6O3. The topological polar surface area (TPSA) is 102 Å². The largest absolute Gasteiger partial charge is 0.416 e. The lowest BCUT2D eigenvalue weighted by Gasteiger charge is -2.38. The van der Waals surface area contributed by atoms with Gasteiger partial charge in [-0.2, -0.15) is 36.1 Å². The highest BCUT2D eigenvalue weighted by atomic mass is 19.4. The summed E-state index contributed by atoms with van der Waals surface area (Å²) in [5.41, 5.74) is -3.73. The van der Waals surface area contributed by atoms with Crippen molar-refractivity contribution in [2.75, 3.05) is 20.2 Å². The van der Waals surface area contributed by atoms with Gasteiger partial charge in [0.1, 0.15) is 6.33 Å². The molecule has 3 heterocycles. The molecule has 1 aliphatic heterocycles. The van der Waals surface area contributed by atoms with E-state index in [0.717, 1.165) is 6.33 Å². The van der Waals surface area contributed by atoms with Crippen LogP contribution in [0.4, 0.5) is 26.3 Å². The first-order chi connectivity index (χ1) is 17.8. The molecule has 1 N–H and O–H groups in total. The number of carbonyl (C=O) groups is 2. The van der Waals surface area contributed by atoms with Gasteiger partial charge in [0.05, 0.1) is 28.8 Å². The van der Waals surface area contributed by atoms with E-state index in [9.17, 15) is 35.9 Å². The smallest absolute Gasteiger partial charge is 0.378 e. The van der Waals surface area contributed by atoms with E-state index >= 15 is 0 Å². The van der Waals surface area contributed by atoms with E-state index in [2.05, 4.69) is 20.4 Å². The van der Waals surface area contributed by atoms with Crippen molar-refractivity contribution in [3.63, 3.8) is 0 Å². The van der Waals surface area contributed by atoms with Crippen molar-refractivity contribution in [3.05, 3.63) is 70.9 Å². The molecule has 0 bridgehead atoms. The fourth-order valence-corrected chi connectivity index (χ4v) is 3.73. The lowest BCUT2D eigenvalue weighted by Crippen LogP contribution is -2.54. The van der Waals surface area contributed by atoms with Crippen LogP contribution in [0.25, 0.3) is 5.82 Å². The summed E-state index contributed by atoms with van der Waals surface area (Å²) in [5.74, 6) is -1.11. The van der Waals surface area contributed by atoms with Crippen molar-refractivity contribution in [3.8, 4) is 5.82 Å². The number of nitrogens with zero attached hydrogens (tertiary/aromatic N) is 5. The number of amides is 2. The second-order valence-corrected chi connectivity index (χ2v) is 8.49. The third kappa shape index (κ3) is 5.61. The summed E-state index contributed by atoms with van der Waals surface area (Å²) in [5, 5.41) is 6.36. The number of halogens is 6. The quantitative estimate of drug-likeness (QED) is 0.477. The van der Waals surface area contributed by atoms with Gasteiger partial charge in [-0.1, -0.05) is 0 Å². The van der Waals surface area contributed by atoms with Gasteiger partial charge in [0.25, 0.3) is 11.8 Å². The van der Waals surface area contributed by atoms with Crippen LogP contribution >= 0.6 is 0 Å². The molecule has 9 nitrogen and oxygen atoms in total. The van der Waals surface area contributed by atoms with E-state index in [0.29, 0.717) is 30.8 Å². The lowest BCUT2D eigenvalue weighted by molar-refractivity contribution is -0.143. The number of rotatable bonds is 6. The fraction of sp³-hybridized carbons (Fsp3) is 0.348. The van der Waals surface area contributed by atoms with Gasteiger partial charge in [0, 0.05) is 32.0 Å². The highest BCUT2D eigenvalue weighted by Gasteiger charge is 2.38. The van der Waals surface area contributed by atoms with Crippen LogP contribution < -0.4 is 5.32 Å². The van der Waals surface area contributed by atoms with Gasteiger partial charge in [-0.15, -0.1) is 0 Å². The van der Waals surface area contributed by atoms with Gasteiger partial charge in [0.2, 0.25) is 0 Å². The summed E-state index contributed by atoms with van der Waals surface area (Å²) >= 11 is 0. The van der Waals surface area contributed by atoms with Gasteiger partial charge in [-0.25, -0.2) is 9.97 Å². The first-order valence-electron chi connectivity index (χ1n) is 11.1. The number of ether oxygens (including phenoxy) is 1. The average Bonchev–Trinajstić information content (AvgIpc) is 3.32. The molecule has 1 saturated heterocycles. The number of hydrogen-bond donors (Lipinski definition) is 1. The van der Waals surface area contributed by atoms with E-state index < -0.39 is 41.0 Å². The molecule has 3 aromatic rings. The van der Waals surface area contributed by atoms with E-state index in [1.165, 1.54) is 29.9 Å². The number of hydrogen-bond acceptors (Lipinski definition) is 6. The van der Waals surface area contributed by atoms with Crippen LogP contribution in [0.5, 0.6) is 0 Å². The summed E-state index contributed by atoms with van der Waals surface area (Å²) in [6.45, 7) is 2.33. The minimum Gasteiger partial charge on any atom is -0.378 e. The Labute approximate surface area is 211 Å². The summed E-state index contributed by atoms with van der Waals surface area (Å²) in [7, 11) is 1.56. The minimum atomic E-state index is -5.09. The average molecular weight is 542 g/mol. The van der Waals surface area contributed by atoms with E-state index in [1.807, 2.05) is 0 Å². The molecule has 2 amide bonds. The summed E-state index contributed by atoms with van der Waals surface area (Å²) in [6, 6.07) is 2.62. The van der Waals surface area contributed by atoms with Crippen molar-refractivity contribution in [2.45, 2.75) is 31.4 Å². The second kappa shape index (κ2) is 10.0. The monoisotopic (exact) mass is 542 g/mol. The van der Waals surface area contributed by atoms with Gasteiger partial charge < -0.3 is 15.0 Å². The molecule has 1 atom stereocenters. The van der Waals surface area contributed by atoms with Crippen molar-refractivity contribution in [2.24, 2.45) is 0 Å². The lowest BCUT2D eigenvalue weighted by atomic mass is 10.0. The maximum atomic E-state index is 13.1. The Balaban J connectivity index is 1.52. The molecule has 0 spiro atoms. The highest BCUT2D eigenvalue weighted by Crippen LogP contribution is 2.36. The number of benzene rings is 1. The maximum absolute atomic E-state index is 13.1. The number of likely N-dealkylation sites (tertiary alicyclic amines) is 1. The molecule has 4 rings (SSSR count). The van der Waals surface area contributed by atoms with Crippen molar-refractivity contribution >= 4 is 11.8 Å². The van der Waals surface area contributed by atoms with E-state index in [1.54, 1.807) is 12.0 Å². The number of methoxy groups -OCH3 is 1. The standard InChI is InChI=1S/C23H20F6N6O3/c1-12(33-20(36)14-5-15(22(24,25)26)7-16(6-14)23(27,28)29)19-31-11-32-35(19)18-4-3-13(8-30-18)21(37)34-9-17(10-34)38-2/h3-8,11-12,17H,9-10H2,1-2H3,(H,33,36)/t12-/m0/s1. The van der Waals surface area contributed by atoms with Gasteiger partial charge >= 0.3 is 12.4 Å². The molecule has 1 aliphatic rings. The molecule has 1 fully saturated rings. The normalized spacial score (nSPS) is 15.2. The zero-order valence-corrected chi connectivity index (χ0v) is 19.8. The zero-order chi connectivity index (χ0) is 27.8. The Bertz CT molecular complexity index is 1300. The van der Waals surface area contributed by atoms with Gasteiger partial charge in [-0.05, 0) is 37.3 Å². The predicted octanol–water partition coefficient (Wildman–Crippen LogP) is 3.66. The third-order valence-electron chi connectivity index (χ3n) is 5.84. The molecule has 0 radical (unpaired) electrons. The van der Waals surface area contributed by atoms with Crippen LogP contribution in [-0.4, -0.2) is 62.8 Å². The van der Waals surface area contributed by atoms with Crippen molar-refractivity contribution in [1.82, 2.24) is 30.0 Å². The Morgan fingerprint density at radius 2 is 1.63 bits per heavy atom. The molecule has 38 heavy (non-hydrogen) atoms. The first-order valence-corrected chi connectivity index (χ1v) is 11.1. The minimum absolute atomic E-state index is 0.0171. The van der Waals surface area contributed by atoms with Crippen LogP contribution in [0.15, 0.2) is 42.9 Å². The molecule has 2 aromatic heterocycles. The van der Waals surface area contributed by atoms with Crippen molar-refractivity contribution in [1.29, 1.82) is 0 Å².